The lowest BCUT2D eigenvalue weighted by atomic mass is 10.1. The van der Waals surface area contributed by atoms with Gasteiger partial charge in [-0.15, -0.1) is 0 Å². The minimum absolute atomic E-state index is 0.0801. The number of para-hydroxylation sites is 1. The summed E-state index contributed by atoms with van der Waals surface area (Å²) in [6, 6.07) is 17.2. The van der Waals surface area contributed by atoms with Gasteiger partial charge in [0.25, 0.3) is 0 Å². The number of aliphatic hydroxyl groups is 1. The van der Waals surface area contributed by atoms with Crippen LogP contribution < -0.4 is 9.47 Å². The fourth-order valence-electron chi connectivity index (χ4n) is 4.11. The van der Waals surface area contributed by atoms with E-state index in [-0.39, 0.29) is 24.7 Å². The van der Waals surface area contributed by atoms with E-state index in [1.165, 1.54) is 11.8 Å². The Morgan fingerprint density at radius 3 is 2.69 bits per heavy atom. The Kier molecular flexibility index (Phi) is 6.13. The monoisotopic (exact) mass is 488 g/mol. The van der Waals surface area contributed by atoms with E-state index in [9.17, 15) is 9.90 Å². The maximum atomic E-state index is 12.7. The molecule has 5 rings (SSSR count). The Bertz CT molecular complexity index is 1400. The number of aromatic nitrogens is 1. The summed E-state index contributed by atoms with van der Waals surface area (Å²) in [4.78, 5) is 17.8. The molecule has 0 fully saturated rings. The molecule has 0 amide bonds. The van der Waals surface area contributed by atoms with Crippen LogP contribution in [-0.4, -0.2) is 34.1 Å². The zero-order valence-corrected chi connectivity index (χ0v) is 20.4. The minimum Gasteiger partial charge on any atom is -0.506 e. The van der Waals surface area contributed by atoms with Gasteiger partial charge in [0.2, 0.25) is 6.79 Å². The van der Waals surface area contributed by atoms with Gasteiger partial charge in [0.05, 0.1) is 17.2 Å². The average molecular weight is 489 g/mol. The summed E-state index contributed by atoms with van der Waals surface area (Å²) in [5, 5.41) is 11.4. The summed E-state index contributed by atoms with van der Waals surface area (Å²) in [5.74, 6) is 0.716. The molecule has 178 valence electrons. The van der Waals surface area contributed by atoms with Crippen molar-refractivity contribution in [2.45, 2.75) is 20.8 Å². The summed E-state index contributed by atoms with van der Waals surface area (Å²) in [6.07, 6.45) is 1.87. The molecule has 0 unspecified atom stereocenters. The number of hydrogen-bond donors (Lipinski definition) is 1. The van der Waals surface area contributed by atoms with Crippen molar-refractivity contribution >= 4 is 34.5 Å². The molecule has 0 radical (unpaired) electrons. The molecular formula is C27H24N2O5S. The number of aliphatic imine (C=N–C) groups is 1. The summed E-state index contributed by atoms with van der Waals surface area (Å²) < 4.78 is 18.3. The Balaban J connectivity index is 1.54. The van der Waals surface area contributed by atoms with Crippen molar-refractivity contribution in [1.82, 2.24) is 4.57 Å². The van der Waals surface area contributed by atoms with Crippen molar-refractivity contribution in [3.8, 4) is 17.2 Å². The first-order valence-electron chi connectivity index (χ1n) is 11.2. The molecule has 0 bridgehead atoms. The van der Waals surface area contributed by atoms with E-state index in [0.717, 1.165) is 28.4 Å². The lowest BCUT2D eigenvalue weighted by molar-refractivity contribution is -0.138. The molecule has 7 nitrogen and oxygen atoms in total. The van der Waals surface area contributed by atoms with E-state index in [0.29, 0.717) is 21.4 Å². The second-order valence-corrected chi connectivity index (χ2v) is 9.04. The molecule has 0 spiro atoms. The predicted octanol–water partition coefficient (Wildman–Crippen LogP) is 6.02. The SMILES string of the molecule is CCOC(=O)C1=C(O)/C(=C/c2cc(C)n(-c3ccc4c(c3)OCO4)c2C)SC1=Nc1ccccc1. The van der Waals surface area contributed by atoms with Crippen molar-refractivity contribution in [1.29, 1.82) is 0 Å². The number of benzene rings is 2. The van der Waals surface area contributed by atoms with Gasteiger partial charge in [-0.25, -0.2) is 9.79 Å². The quantitative estimate of drug-likeness (QED) is 0.443. The lowest BCUT2D eigenvalue weighted by Crippen LogP contribution is -2.12. The summed E-state index contributed by atoms with van der Waals surface area (Å²) in [7, 11) is 0. The van der Waals surface area contributed by atoms with E-state index in [1.807, 2.05) is 74.5 Å². The summed E-state index contributed by atoms with van der Waals surface area (Å²) in [6.45, 7) is 6.18. The Morgan fingerprint density at radius 2 is 1.91 bits per heavy atom. The highest BCUT2D eigenvalue weighted by Crippen LogP contribution is 2.41. The number of fused-ring (bicyclic) bond motifs is 1. The van der Waals surface area contributed by atoms with Gasteiger partial charge >= 0.3 is 5.97 Å². The number of ether oxygens (including phenoxy) is 3. The fraction of sp³-hybridized carbons (Fsp3) is 0.185. The molecule has 1 aromatic heterocycles. The predicted molar refractivity (Wildman–Crippen MR) is 137 cm³/mol. The Labute approximate surface area is 207 Å². The molecule has 2 aromatic carbocycles. The smallest absolute Gasteiger partial charge is 0.344 e. The highest BCUT2D eigenvalue weighted by molar-refractivity contribution is 8.18. The highest BCUT2D eigenvalue weighted by Gasteiger charge is 2.33. The molecule has 3 heterocycles. The lowest BCUT2D eigenvalue weighted by Gasteiger charge is -2.10. The molecule has 0 aliphatic carbocycles. The van der Waals surface area contributed by atoms with Gasteiger partial charge in [0.15, 0.2) is 11.5 Å². The molecule has 2 aliphatic rings. The van der Waals surface area contributed by atoms with Crippen LogP contribution in [0.25, 0.3) is 11.8 Å². The van der Waals surface area contributed by atoms with Crippen LogP contribution >= 0.6 is 11.8 Å². The first-order chi connectivity index (χ1) is 17.0. The molecule has 0 saturated carbocycles. The van der Waals surface area contributed by atoms with Crippen LogP contribution in [0.1, 0.15) is 23.9 Å². The molecule has 35 heavy (non-hydrogen) atoms. The topological polar surface area (TPSA) is 82.3 Å². The van der Waals surface area contributed by atoms with Gasteiger partial charge in [-0.05, 0) is 62.7 Å². The van der Waals surface area contributed by atoms with E-state index in [2.05, 4.69) is 9.56 Å². The number of carbonyl (C=O) groups excluding carboxylic acids is 1. The standard InChI is InChI=1S/C27H24N2O5S/c1-4-32-27(31)24-25(30)23(35-26(24)28-19-8-6-5-7-9-19)13-18-12-16(2)29(17(18)3)20-10-11-21-22(14-20)34-15-33-21/h5-14,30H,4,15H2,1-3H3/b23-13-,28-26?. The largest absolute Gasteiger partial charge is 0.506 e. The van der Waals surface area contributed by atoms with Crippen LogP contribution in [0.3, 0.4) is 0 Å². The highest BCUT2D eigenvalue weighted by atomic mass is 32.2. The van der Waals surface area contributed by atoms with E-state index in [4.69, 9.17) is 14.2 Å². The van der Waals surface area contributed by atoms with Crippen molar-refractivity contribution in [3.63, 3.8) is 0 Å². The normalized spacial score (nSPS) is 17.0. The third-order valence-corrected chi connectivity index (χ3v) is 6.75. The van der Waals surface area contributed by atoms with Crippen molar-refractivity contribution in [2.24, 2.45) is 4.99 Å². The number of aliphatic hydroxyl groups excluding tert-OH is 1. The summed E-state index contributed by atoms with van der Waals surface area (Å²) >= 11 is 1.25. The van der Waals surface area contributed by atoms with Gasteiger partial charge in [-0.1, -0.05) is 30.0 Å². The van der Waals surface area contributed by atoms with Gasteiger partial charge < -0.3 is 23.9 Å². The average Bonchev–Trinajstić information content (AvgIpc) is 3.51. The number of aryl methyl sites for hydroxylation is 1. The van der Waals surface area contributed by atoms with Crippen LogP contribution in [-0.2, 0) is 9.53 Å². The van der Waals surface area contributed by atoms with Crippen LogP contribution in [0.5, 0.6) is 11.5 Å². The zero-order chi connectivity index (χ0) is 24.5. The van der Waals surface area contributed by atoms with Crippen LogP contribution in [0.4, 0.5) is 5.69 Å². The van der Waals surface area contributed by atoms with Gasteiger partial charge in [0.1, 0.15) is 16.4 Å². The third-order valence-electron chi connectivity index (χ3n) is 5.73. The Hall–Kier alpha value is -3.91. The van der Waals surface area contributed by atoms with Crippen molar-refractivity contribution in [3.05, 3.63) is 87.8 Å². The number of rotatable bonds is 5. The molecule has 8 heteroatoms. The maximum Gasteiger partial charge on any atom is 0.344 e. The number of nitrogens with zero attached hydrogens (tertiary/aromatic N) is 2. The first-order valence-corrected chi connectivity index (χ1v) is 12.0. The number of carbonyl (C=O) groups is 1. The fourth-order valence-corrected chi connectivity index (χ4v) is 5.13. The van der Waals surface area contributed by atoms with Crippen LogP contribution in [0.15, 0.2) is 75.8 Å². The third kappa shape index (κ3) is 4.33. The number of esters is 1. The van der Waals surface area contributed by atoms with Gasteiger partial charge in [-0.2, -0.15) is 0 Å². The van der Waals surface area contributed by atoms with Gasteiger partial charge in [-0.3, -0.25) is 0 Å². The van der Waals surface area contributed by atoms with E-state index in [1.54, 1.807) is 6.92 Å². The summed E-state index contributed by atoms with van der Waals surface area (Å²) in [5.41, 5.74) is 4.63. The molecule has 3 aromatic rings. The number of hydrogen-bond acceptors (Lipinski definition) is 7. The molecule has 1 N–H and O–H groups in total. The van der Waals surface area contributed by atoms with Gasteiger partial charge in [0, 0.05) is 23.1 Å². The van der Waals surface area contributed by atoms with E-state index < -0.39 is 5.97 Å². The molecular weight excluding hydrogens is 464 g/mol. The van der Waals surface area contributed by atoms with Crippen molar-refractivity contribution < 1.29 is 24.1 Å². The zero-order valence-electron chi connectivity index (χ0n) is 19.6. The van der Waals surface area contributed by atoms with Crippen LogP contribution in [0.2, 0.25) is 0 Å². The minimum atomic E-state index is -0.596. The second kappa shape index (κ2) is 9.38. The molecule has 2 aliphatic heterocycles. The maximum absolute atomic E-state index is 12.7. The Morgan fingerprint density at radius 1 is 1.14 bits per heavy atom. The van der Waals surface area contributed by atoms with Crippen molar-refractivity contribution in [2.75, 3.05) is 13.4 Å². The second-order valence-electron chi connectivity index (χ2n) is 8.01. The van der Waals surface area contributed by atoms with E-state index >= 15 is 0 Å². The first kappa shape index (κ1) is 22.9. The molecule has 0 saturated heterocycles. The molecule has 0 atom stereocenters. The number of thioether (sulfide) groups is 1. The van der Waals surface area contributed by atoms with Crippen LogP contribution in [0, 0.1) is 13.8 Å².